The zero-order valence-electron chi connectivity index (χ0n) is 9.28. The summed E-state index contributed by atoms with van der Waals surface area (Å²) >= 11 is 6.08. The lowest BCUT2D eigenvalue weighted by Crippen LogP contribution is -1.86. The predicted octanol–water partition coefficient (Wildman–Crippen LogP) is 4.35. The van der Waals surface area contributed by atoms with E-state index < -0.39 is 0 Å². The molecule has 0 saturated carbocycles. The van der Waals surface area contributed by atoms with Crippen LogP contribution in [-0.4, -0.2) is 4.98 Å². The molecule has 0 N–H and O–H groups in total. The number of pyridine rings is 1. The Hall–Kier alpha value is -1.34. The van der Waals surface area contributed by atoms with Crippen molar-refractivity contribution < 1.29 is 0 Å². The number of aryl methyl sites for hydroxylation is 1. The monoisotopic (exact) mass is 231 g/mol. The van der Waals surface area contributed by atoms with Crippen molar-refractivity contribution in [2.45, 2.75) is 19.8 Å². The Morgan fingerprint density at radius 2 is 2.06 bits per heavy atom. The van der Waals surface area contributed by atoms with Gasteiger partial charge in [0.15, 0.2) is 0 Å². The first-order valence-corrected chi connectivity index (χ1v) is 5.89. The molecule has 0 spiro atoms. The molecule has 2 heteroatoms. The van der Waals surface area contributed by atoms with Gasteiger partial charge >= 0.3 is 0 Å². The summed E-state index contributed by atoms with van der Waals surface area (Å²) in [5.41, 5.74) is 3.49. The highest BCUT2D eigenvalue weighted by Gasteiger charge is 2.03. The molecular weight excluding hydrogens is 218 g/mol. The summed E-state index contributed by atoms with van der Waals surface area (Å²) in [5, 5.41) is 0.566. The van der Waals surface area contributed by atoms with Crippen LogP contribution < -0.4 is 0 Å². The Bertz CT molecular complexity index is 480. The van der Waals surface area contributed by atoms with E-state index in [1.165, 1.54) is 5.56 Å². The van der Waals surface area contributed by atoms with E-state index in [2.05, 4.69) is 36.2 Å². The van der Waals surface area contributed by atoms with Gasteiger partial charge in [0, 0.05) is 11.8 Å². The lowest BCUT2D eigenvalue weighted by Gasteiger charge is -2.05. The lowest BCUT2D eigenvalue weighted by atomic mass is 10.0. The average molecular weight is 232 g/mol. The number of rotatable bonds is 3. The van der Waals surface area contributed by atoms with Crippen LogP contribution >= 0.6 is 11.6 Å². The molecule has 82 valence electrons. The van der Waals surface area contributed by atoms with Gasteiger partial charge in [-0.15, -0.1) is 0 Å². The third-order valence-corrected chi connectivity index (χ3v) is 2.84. The van der Waals surface area contributed by atoms with Crippen LogP contribution in [0.25, 0.3) is 11.1 Å². The first kappa shape index (κ1) is 11.2. The Balaban J connectivity index is 2.40. The van der Waals surface area contributed by atoms with Crippen molar-refractivity contribution in [1.82, 2.24) is 4.98 Å². The quantitative estimate of drug-likeness (QED) is 0.716. The Labute approximate surface area is 101 Å². The number of benzene rings is 1. The molecule has 1 nitrogen and oxygen atoms in total. The van der Waals surface area contributed by atoms with Crippen LogP contribution in [0.15, 0.2) is 42.6 Å². The SMILES string of the molecule is CCCc1cccc(-c2cccnc2Cl)c1. The van der Waals surface area contributed by atoms with E-state index >= 15 is 0 Å². The molecule has 16 heavy (non-hydrogen) atoms. The van der Waals surface area contributed by atoms with Crippen LogP contribution in [0, 0.1) is 0 Å². The first-order chi connectivity index (χ1) is 7.81. The number of aromatic nitrogens is 1. The molecule has 0 unspecified atom stereocenters. The third kappa shape index (κ3) is 2.42. The number of nitrogens with zero attached hydrogens (tertiary/aromatic N) is 1. The molecule has 2 rings (SSSR count). The Morgan fingerprint density at radius 3 is 2.81 bits per heavy atom. The maximum Gasteiger partial charge on any atom is 0.136 e. The van der Waals surface area contributed by atoms with Gasteiger partial charge in [0.2, 0.25) is 0 Å². The van der Waals surface area contributed by atoms with E-state index in [-0.39, 0.29) is 0 Å². The molecule has 0 aliphatic rings. The zero-order chi connectivity index (χ0) is 11.4. The highest BCUT2D eigenvalue weighted by molar-refractivity contribution is 6.32. The maximum atomic E-state index is 6.08. The van der Waals surface area contributed by atoms with Crippen LogP contribution in [0.3, 0.4) is 0 Å². The highest BCUT2D eigenvalue weighted by atomic mass is 35.5. The minimum Gasteiger partial charge on any atom is -0.244 e. The molecule has 0 aliphatic heterocycles. The van der Waals surface area contributed by atoms with Crippen molar-refractivity contribution in [1.29, 1.82) is 0 Å². The van der Waals surface area contributed by atoms with Crippen LogP contribution in [0.2, 0.25) is 5.15 Å². The topological polar surface area (TPSA) is 12.9 Å². The number of hydrogen-bond acceptors (Lipinski definition) is 1. The van der Waals surface area contributed by atoms with Gasteiger partial charge < -0.3 is 0 Å². The minimum atomic E-state index is 0.566. The molecule has 1 aromatic heterocycles. The van der Waals surface area contributed by atoms with Gasteiger partial charge in [0.05, 0.1) is 0 Å². The fourth-order valence-corrected chi connectivity index (χ4v) is 2.01. The molecular formula is C14H14ClN. The van der Waals surface area contributed by atoms with Crippen LogP contribution in [0.1, 0.15) is 18.9 Å². The smallest absolute Gasteiger partial charge is 0.136 e. The van der Waals surface area contributed by atoms with Crippen molar-refractivity contribution in [3.8, 4) is 11.1 Å². The molecule has 2 aromatic rings. The molecule has 0 amide bonds. The molecule has 0 bridgehead atoms. The normalized spacial score (nSPS) is 10.4. The molecule has 1 heterocycles. The van der Waals surface area contributed by atoms with E-state index in [1.54, 1.807) is 6.20 Å². The second-order valence-corrected chi connectivity index (χ2v) is 4.15. The van der Waals surface area contributed by atoms with Crippen molar-refractivity contribution in [2.24, 2.45) is 0 Å². The molecule has 0 fully saturated rings. The van der Waals surface area contributed by atoms with Gasteiger partial charge in [0.1, 0.15) is 5.15 Å². The molecule has 0 radical (unpaired) electrons. The van der Waals surface area contributed by atoms with E-state index in [0.717, 1.165) is 24.0 Å². The summed E-state index contributed by atoms with van der Waals surface area (Å²) in [5.74, 6) is 0. The van der Waals surface area contributed by atoms with Crippen molar-refractivity contribution in [3.63, 3.8) is 0 Å². The summed E-state index contributed by atoms with van der Waals surface area (Å²) in [6.45, 7) is 2.18. The molecule has 0 atom stereocenters. The largest absolute Gasteiger partial charge is 0.244 e. The fourth-order valence-electron chi connectivity index (χ4n) is 1.78. The van der Waals surface area contributed by atoms with Crippen LogP contribution in [-0.2, 0) is 6.42 Å². The van der Waals surface area contributed by atoms with Gasteiger partial charge in [-0.3, -0.25) is 0 Å². The summed E-state index contributed by atoms with van der Waals surface area (Å²) in [7, 11) is 0. The van der Waals surface area contributed by atoms with E-state index in [9.17, 15) is 0 Å². The summed E-state index contributed by atoms with van der Waals surface area (Å²) in [6.07, 6.45) is 3.97. The highest BCUT2D eigenvalue weighted by Crippen LogP contribution is 2.26. The third-order valence-electron chi connectivity index (χ3n) is 2.54. The van der Waals surface area contributed by atoms with E-state index in [0.29, 0.717) is 5.15 Å². The van der Waals surface area contributed by atoms with Gasteiger partial charge in [-0.1, -0.05) is 49.2 Å². The first-order valence-electron chi connectivity index (χ1n) is 5.51. The van der Waals surface area contributed by atoms with E-state index in [1.807, 2.05) is 12.1 Å². The number of halogens is 1. The average Bonchev–Trinajstić information content (AvgIpc) is 2.30. The lowest BCUT2D eigenvalue weighted by molar-refractivity contribution is 0.922. The summed E-state index contributed by atoms with van der Waals surface area (Å²) in [4.78, 5) is 4.10. The Kier molecular flexibility index (Phi) is 3.58. The van der Waals surface area contributed by atoms with Gasteiger partial charge in [-0.25, -0.2) is 4.98 Å². The Morgan fingerprint density at radius 1 is 1.19 bits per heavy atom. The second-order valence-electron chi connectivity index (χ2n) is 3.79. The maximum absolute atomic E-state index is 6.08. The summed E-state index contributed by atoms with van der Waals surface area (Å²) < 4.78 is 0. The van der Waals surface area contributed by atoms with Gasteiger partial charge in [-0.2, -0.15) is 0 Å². The number of hydrogen-bond donors (Lipinski definition) is 0. The molecule has 0 saturated heterocycles. The van der Waals surface area contributed by atoms with Crippen LogP contribution in [0.4, 0.5) is 0 Å². The second kappa shape index (κ2) is 5.13. The van der Waals surface area contributed by atoms with Gasteiger partial charge in [-0.05, 0) is 29.7 Å². The van der Waals surface area contributed by atoms with Gasteiger partial charge in [0.25, 0.3) is 0 Å². The molecule has 0 aliphatic carbocycles. The van der Waals surface area contributed by atoms with Crippen LogP contribution in [0.5, 0.6) is 0 Å². The van der Waals surface area contributed by atoms with E-state index in [4.69, 9.17) is 11.6 Å². The zero-order valence-corrected chi connectivity index (χ0v) is 10.0. The predicted molar refractivity (Wildman–Crippen MR) is 68.7 cm³/mol. The summed E-state index contributed by atoms with van der Waals surface area (Å²) in [6, 6.07) is 12.4. The minimum absolute atomic E-state index is 0.566. The van der Waals surface area contributed by atoms with Crippen molar-refractivity contribution in [2.75, 3.05) is 0 Å². The van der Waals surface area contributed by atoms with Crippen molar-refractivity contribution in [3.05, 3.63) is 53.3 Å². The van der Waals surface area contributed by atoms with Crippen molar-refractivity contribution >= 4 is 11.6 Å². The molecule has 1 aromatic carbocycles. The fraction of sp³-hybridized carbons (Fsp3) is 0.214. The standard InChI is InChI=1S/C14H14ClN/c1-2-5-11-6-3-7-12(10-11)13-8-4-9-16-14(13)15/h3-4,6-10H,2,5H2,1H3.